The molecule has 3 N–H and O–H groups in total. The van der Waals surface area contributed by atoms with Crippen LogP contribution in [0.1, 0.15) is 52.7 Å². The van der Waals surface area contributed by atoms with Gasteiger partial charge in [0.15, 0.2) is 0 Å². The second-order valence-corrected chi connectivity index (χ2v) is 12.8. The van der Waals surface area contributed by atoms with Crippen molar-refractivity contribution in [3.8, 4) is 39.4 Å². The number of fused-ring (bicyclic) bond motifs is 2. The molecule has 6 aromatic rings. The first-order chi connectivity index (χ1) is 18.5. The second-order valence-electron chi connectivity index (χ2n) is 12.8. The highest BCUT2D eigenvalue weighted by Gasteiger charge is 2.20. The lowest BCUT2D eigenvalue weighted by molar-refractivity contribution is 0.476. The van der Waals surface area contributed by atoms with E-state index in [-0.39, 0.29) is 16.6 Å². The molecule has 0 bridgehead atoms. The van der Waals surface area contributed by atoms with Crippen LogP contribution in [0.2, 0.25) is 0 Å². The number of hydrogen-bond acceptors (Lipinski definition) is 1. The molecule has 0 unspecified atom stereocenters. The second kappa shape index (κ2) is 8.91. The van der Waals surface area contributed by atoms with E-state index < -0.39 is 0 Å². The van der Waals surface area contributed by atoms with Crippen LogP contribution in [0.4, 0.5) is 0 Å². The zero-order valence-corrected chi connectivity index (χ0v) is 23.6. The number of phenols is 1. The zero-order chi connectivity index (χ0) is 27.5. The lowest BCUT2D eigenvalue weighted by atomic mass is 9.83. The lowest BCUT2D eigenvalue weighted by Gasteiger charge is -2.21. The van der Waals surface area contributed by atoms with Crippen molar-refractivity contribution in [2.45, 2.75) is 52.4 Å². The smallest absolute Gasteiger partial charge is 0.124 e. The van der Waals surface area contributed by atoms with Crippen molar-refractivity contribution in [3.05, 3.63) is 102 Å². The molecule has 3 heteroatoms. The minimum absolute atomic E-state index is 0.00790. The third-order valence-corrected chi connectivity index (χ3v) is 7.76. The predicted molar refractivity (Wildman–Crippen MR) is 166 cm³/mol. The average molecular weight is 513 g/mol. The number of nitrogens with one attached hydrogen (secondary N) is 2. The summed E-state index contributed by atoms with van der Waals surface area (Å²) < 4.78 is 0. The van der Waals surface area contributed by atoms with Crippen LogP contribution in [0, 0.1) is 0 Å². The zero-order valence-electron chi connectivity index (χ0n) is 23.6. The van der Waals surface area contributed by atoms with Gasteiger partial charge in [0.2, 0.25) is 0 Å². The van der Waals surface area contributed by atoms with E-state index in [0.29, 0.717) is 0 Å². The Hall–Kier alpha value is -4.24. The molecule has 0 amide bonds. The lowest BCUT2D eigenvalue weighted by Crippen LogP contribution is -2.11. The molecule has 0 saturated carbocycles. The minimum Gasteiger partial charge on any atom is -0.507 e. The van der Waals surface area contributed by atoms with E-state index in [9.17, 15) is 5.11 Å². The van der Waals surface area contributed by atoms with Gasteiger partial charge in [0.25, 0.3) is 0 Å². The monoisotopic (exact) mass is 512 g/mol. The summed E-state index contributed by atoms with van der Waals surface area (Å²) >= 11 is 0. The largest absolute Gasteiger partial charge is 0.507 e. The predicted octanol–water partition coefficient (Wildman–Crippen LogP) is 9.95. The molecule has 0 aliphatic carbocycles. The Balaban J connectivity index is 1.53. The molecule has 2 heterocycles. The van der Waals surface area contributed by atoms with Crippen LogP contribution in [-0.4, -0.2) is 15.1 Å². The van der Waals surface area contributed by atoms with Gasteiger partial charge < -0.3 is 15.1 Å². The average Bonchev–Trinajstić information content (AvgIpc) is 3.52. The number of phenolic OH excluding ortho intramolecular Hbond substituents is 1. The van der Waals surface area contributed by atoms with E-state index in [4.69, 9.17) is 0 Å². The van der Waals surface area contributed by atoms with Crippen molar-refractivity contribution in [1.29, 1.82) is 0 Å². The van der Waals surface area contributed by atoms with Crippen LogP contribution in [0.5, 0.6) is 5.75 Å². The molecule has 0 fully saturated rings. The van der Waals surface area contributed by atoms with Gasteiger partial charge in [-0.25, -0.2) is 0 Å². The maximum atomic E-state index is 10.8. The molecule has 196 valence electrons. The van der Waals surface area contributed by atoms with Crippen LogP contribution in [0.3, 0.4) is 0 Å². The molecule has 0 aliphatic rings. The van der Waals surface area contributed by atoms with Crippen molar-refractivity contribution < 1.29 is 5.11 Å². The topological polar surface area (TPSA) is 51.8 Å². The molecule has 6 rings (SSSR count). The molecular formula is C36H36N2O. The summed E-state index contributed by atoms with van der Waals surface area (Å²) in [7, 11) is 0. The number of aromatic nitrogens is 2. The van der Waals surface area contributed by atoms with Gasteiger partial charge in [-0.3, -0.25) is 0 Å². The van der Waals surface area contributed by atoms with Crippen LogP contribution in [0.25, 0.3) is 55.4 Å². The minimum atomic E-state index is -0.00917. The molecule has 0 aliphatic heterocycles. The van der Waals surface area contributed by atoms with Crippen molar-refractivity contribution in [3.63, 3.8) is 0 Å². The Morgan fingerprint density at radius 2 is 1.23 bits per heavy atom. The van der Waals surface area contributed by atoms with Gasteiger partial charge in [-0.15, -0.1) is 0 Å². The Labute approximate surface area is 230 Å². The van der Waals surface area contributed by atoms with E-state index >= 15 is 0 Å². The molecule has 0 saturated heterocycles. The fourth-order valence-corrected chi connectivity index (χ4v) is 5.36. The first-order valence-corrected chi connectivity index (χ1v) is 13.7. The van der Waals surface area contributed by atoms with E-state index in [1.807, 2.05) is 12.1 Å². The molecule has 4 aromatic carbocycles. The summed E-state index contributed by atoms with van der Waals surface area (Å²) in [6.07, 6.45) is 0. The molecule has 0 spiro atoms. The first kappa shape index (κ1) is 25.1. The summed E-state index contributed by atoms with van der Waals surface area (Å²) in [6, 6.07) is 32.1. The van der Waals surface area contributed by atoms with E-state index in [1.165, 1.54) is 27.6 Å². The van der Waals surface area contributed by atoms with Crippen molar-refractivity contribution in [1.82, 2.24) is 9.97 Å². The third kappa shape index (κ3) is 4.63. The first-order valence-electron chi connectivity index (χ1n) is 13.7. The Kier molecular flexibility index (Phi) is 5.73. The van der Waals surface area contributed by atoms with Crippen LogP contribution < -0.4 is 0 Å². The van der Waals surface area contributed by atoms with Gasteiger partial charge >= 0.3 is 0 Å². The highest BCUT2D eigenvalue weighted by Crippen LogP contribution is 2.39. The van der Waals surface area contributed by atoms with Gasteiger partial charge in [-0.1, -0.05) is 90.1 Å². The third-order valence-electron chi connectivity index (χ3n) is 7.76. The SMILES string of the molecule is CC(C)(C)c1cc(-c2cc3ccccc3[nH]2)cc(-c2cccc3cc(-c4cc(C(C)(C)C)ccc4O)[nH]c23)c1. The van der Waals surface area contributed by atoms with E-state index in [0.717, 1.165) is 38.9 Å². The van der Waals surface area contributed by atoms with Crippen molar-refractivity contribution in [2.75, 3.05) is 0 Å². The summed E-state index contributed by atoms with van der Waals surface area (Å²) in [5, 5.41) is 13.1. The number of H-pyrrole nitrogens is 2. The number of aromatic hydroxyl groups is 1. The Morgan fingerprint density at radius 3 is 1.97 bits per heavy atom. The van der Waals surface area contributed by atoms with Gasteiger partial charge in [0, 0.05) is 33.1 Å². The standard InChI is InChI=1S/C36H36N2O/c1-35(2,3)26-14-15-33(39)29(21-26)32-20-23-11-9-12-28(34(23)38-32)24-16-25(18-27(17-24)36(4,5)6)31-19-22-10-7-8-13-30(22)37-31/h7-21,37-39H,1-6H3. The summed E-state index contributed by atoms with van der Waals surface area (Å²) in [4.78, 5) is 7.29. The molecule has 0 radical (unpaired) electrons. The molecule has 3 nitrogen and oxygen atoms in total. The van der Waals surface area contributed by atoms with Crippen molar-refractivity contribution >= 4 is 21.8 Å². The highest BCUT2D eigenvalue weighted by atomic mass is 16.3. The van der Waals surface area contributed by atoms with Crippen LogP contribution in [0.15, 0.2) is 91.0 Å². The maximum absolute atomic E-state index is 10.8. The molecule has 39 heavy (non-hydrogen) atoms. The van der Waals surface area contributed by atoms with Gasteiger partial charge in [-0.05, 0) is 75.5 Å². The summed E-state index contributed by atoms with van der Waals surface area (Å²) in [6.45, 7) is 13.4. The Morgan fingerprint density at radius 1 is 0.538 bits per heavy atom. The van der Waals surface area contributed by atoms with E-state index in [1.54, 1.807) is 0 Å². The number of aromatic amines is 2. The number of rotatable bonds is 3. The van der Waals surface area contributed by atoms with Crippen LogP contribution >= 0.6 is 0 Å². The van der Waals surface area contributed by atoms with Gasteiger partial charge in [0.1, 0.15) is 5.75 Å². The normalized spacial score (nSPS) is 12.5. The molecule has 0 atom stereocenters. The van der Waals surface area contributed by atoms with Gasteiger partial charge in [-0.2, -0.15) is 0 Å². The van der Waals surface area contributed by atoms with Crippen LogP contribution in [-0.2, 0) is 10.8 Å². The molecule has 2 aromatic heterocycles. The maximum Gasteiger partial charge on any atom is 0.124 e. The number of para-hydroxylation sites is 2. The summed E-state index contributed by atoms with van der Waals surface area (Å²) in [5.74, 6) is 0.284. The fraction of sp³-hybridized carbons (Fsp3) is 0.222. The summed E-state index contributed by atoms with van der Waals surface area (Å²) in [5.41, 5.74) is 11.0. The quantitative estimate of drug-likeness (QED) is 0.217. The Bertz CT molecular complexity index is 1800. The highest BCUT2D eigenvalue weighted by molar-refractivity contribution is 5.98. The molecular weight excluding hydrogens is 476 g/mol. The van der Waals surface area contributed by atoms with Gasteiger partial charge in [0.05, 0.1) is 11.2 Å². The number of hydrogen-bond donors (Lipinski definition) is 3. The van der Waals surface area contributed by atoms with Crippen molar-refractivity contribution in [2.24, 2.45) is 0 Å². The van der Waals surface area contributed by atoms with E-state index in [2.05, 4.69) is 130 Å². The fourth-order valence-electron chi connectivity index (χ4n) is 5.36. The number of benzene rings is 4.